The summed E-state index contributed by atoms with van der Waals surface area (Å²) < 4.78 is 0. The summed E-state index contributed by atoms with van der Waals surface area (Å²) in [5.41, 5.74) is 0.452. The average Bonchev–Trinajstić information content (AvgIpc) is 2.99. The Morgan fingerprint density at radius 1 is 1.07 bits per heavy atom. The molecule has 4 aliphatic rings. The van der Waals surface area contributed by atoms with Gasteiger partial charge in [0.2, 0.25) is 0 Å². The summed E-state index contributed by atoms with van der Waals surface area (Å²) in [5, 5.41) is 20.6. The van der Waals surface area contributed by atoms with Crippen molar-refractivity contribution in [3.05, 3.63) is 0 Å². The molecule has 4 saturated carbocycles. The van der Waals surface area contributed by atoms with Crippen LogP contribution < -0.4 is 0 Å². The first-order valence-electron chi connectivity index (χ1n) is 11.7. The molecule has 0 bridgehead atoms. The largest absolute Gasteiger partial charge is 0.481 e. The van der Waals surface area contributed by atoms with Crippen LogP contribution in [0.1, 0.15) is 91.4 Å². The number of carboxylic acid groups (broad SMARTS) is 1. The van der Waals surface area contributed by atoms with Crippen molar-refractivity contribution in [2.24, 2.45) is 46.3 Å². The highest BCUT2D eigenvalue weighted by molar-refractivity contribution is 5.66. The van der Waals surface area contributed by atoms with E-state index in [1.54, 1.807) is 0 Å². The van der Waals surface area contributed by atoms with Crippen molar-refractivity contribution in [3.8, 4) is 0 Å². The maximum Gasteiger partial charge on any atom is 0.303 e. The lowest BCUT2D eigenvalue weighted by Crippen LogP contribution is -2.58. The summed E-state index contributed by atoms with van der Waals surface area (Å²) in [6.07, 6.45) is 12.6. The first-order valence-corrected chi connectivity index (χ1v) is 11.7. The monoisotopic (exact) mass is 376 g/mol. The van der Waals surface area contributed by atoms with Crippen molar-refractivity contribution < 1.29 is 15.0 Å². The van der Waals surface area contributed by atoms with Gasteiger partial charge in [0, 0.05) is 6.42 Å². The van der Waals surface area contributed by atoms with E-state index in [0.717, 1.165) is 24.7 Å². The first-order chi connectivity index (χ1) is 12.8. The van der Waals surface area contributed by atoms with E-state index in [4.69, 9.17) is 5.11 Å². The third kappa shape index (κ3) is 2.98. The number of fused-ring (bicyclic) bond motifs is 5. The fraction of sp³-hybridized carbons (Fsp3) is 0.958. The van der Waals surface area contributed by atoms with Crippen LogP contribution in [0.4, 0.5) is 0 Å². The molecule has 0 spiro atoms. The number of carboxylic acids is 1. The molecule has 3 heteroatoms. The Morgan fingerprint density at radius 3 is 2.59 bits per heavy atom. The van der Waals surface area contributed by atoms with Gasteiger partial charge >= 0.3 is 5.97 Å². The second-order valence-electron chi connectivity index (χ2n) is 11.1. The molecule has 0 aromatic carbocycles. The number of carbonyl (C=O) groups is 1. The summed E-state index contributed by atoms with van der Waals surface area (Å²) in [6.45, 7) is 7.16. The summed E-state index contributed by atoms with van der Waals surface area (Å²) in [5.74, 6) is 3.21. The zero-order valence-corrected chi connectivity index (χ0v) is 17.6. The SMILES string of the molecule is CC(CCC(=O)O)C1CCC2C3CC[C@@H]4CCCC[C@]4(C)C3C[C@H](O)[C@]12C. The number of aliphatic hydroxyl groups excluding tert-OH is 1. The lowest BCUT2D eigenvalue weighted by atomic mass is 9.44. The number of aliphatic hydroxyl groups is 1. The van der Waals surface area contributed by atoms with E-state index in [-0.39, 0.29) is 17.9 Å². The molecule has 154 valence electrons. The minimum absolute atomic E-state index is 0.00303. The van der Waals surface area contributed by atoms with Crippen molar-refractivity contribution >= 4 is 5.97 Å². The molecule has 0 aliphatic heterocycles. The highest BCUT2D eigenvalue weighted by Gasteiger charge is 2.63. The second kappa shape index (κ2) is 7.04. The van der Waals surface area contributed by atoms with Gasteiger partial charge in [0.25, 0.3) is 0 Å². The van der Waals surface area contributed by atoms with Crippen molar-refractivity contribution in [2.45, 2.75) is 97.5 Å². The van der Waals surface area contributed by atoms with Crippen LogP contribution in [-0.2, 0) is 4.79 Å². The van der Waals surface area contributed by atoms with E-state index in [0.29, 0.717) is 29.1 Å². The van der Waals surface area contributed by atoms with E-state index in [2.05, 4.69) is 20.8 Å². The molecular weight excluding hydrogens is 336 g/mol. The summed E-state index contributed by atoms with van der Waals surface area (Å²) >= 11 is 0. The van der Waals surface area contributed by atoms with Gasteiger partial charge in [0.15, 0.2) is 0 Å². The molecule has 5 unspecified atom stereocenters. The lowest BCUT2D eigenvalue weighted by Gasteiger charge is -2.62. The number of hydrogen-bond acceptors (Lipinski definition) is 2. The standard InChI is InChI=1S/C24H40O3/c1-15(7-12-22(26)27)18-10-11-19-17-9-8-16-6-4-5-13-23(16,2)20(17)14-21(25)24(18,19)3/h15-21,25H,4-14H2,1-3H3,(H,26,27)/t15?,16-,17?,18?,19?,20?,21-,23-,24+/m0/s1. The number of rotatable bonds is 4. The molecule has 2 N–H and O–H groups in total. The van der Waals surface area contributed by atoms with Crippen LogP contribution in [0.2, 0.25) is 0 Å². The Kier molecular flexibility index (Phi) is 5.15. The van der Waals surface area contributed by atoms with E-state index in [9.17, 15) is 9.90 Å². The Labute approximate surface area is 165 Å². The van der Waals surface area contributed by atoms with Gasteiger partial charge in [-0.1, -0.05) is 33.6 Å². The predicted octanol–water partition coefficient (Wildman–Crippen LogP) is 5.51. The third-order valence-corrected chi connectivity index (χ3v) is 10.3. The maximum atomic E-state index is 11.5. The second-order valence-corrected chi connectivity index (χ2v) is 11.1. The van der Waals surface area contributed by atoms with Crippen molar-refractivity contribution in [3.63, 3.8) is 0 Å². The maximum absolute atomic E-state index is 11.5. The molecule has 0 amide bonds. The topological polar surface area (TPSA) is 57.5 Å². The highest BCUT2D eigenvalue weighted by Crippen LogP contribution is 2.68. The lowest BCUT2D eigenvalue weighted by molar-refractivity contribution is -0.168. The quantitative estimate of drug-likeness (QED) is 0.680. The van der Waals surface area contributed by atoms with Crippen LogP contribution in [0.25, 0.3) is 0 Å². The van der Waals surface area contributed by atoms with Crippen LogP contribution in [-0.4, -0.2) is 22.3 Å². The van der Waals surface area contributed by atoms with Crippen LogP contribution in [0.3, 0.4) is 0 Å². The molecule has 0 aromatic heterocycles. The van der Waals surface area contributed by atoms with Crippen molar-refractivity contribution in [1.82, 2.24) is 0 Å². The van der Waals surface area contributed by atoms with Gasteiger partial charge < -0.3 is 10.2 Å². The summed E-state index contributed by atoms with van der Waals surface area (Å²) in [7, 11) is 0. The third-order valence-electron chi connectivity index (χ3n) is 10.3. The minimum atomic E-state index is -0.686. The van der Waals surface area contributed by atoms with Crippen molar-refractivity contribution in [1.29, 1.82) is 0 Å². The van der Waals surface area contributed by atoms with Gasteiger partial charge in [-0.25, -0.2) is 0 Å². The van der Waals surface area contributed by atoms with Gasteiger partial charge in [0.1, 0.15) is 0 Å². The predicted molar refractivity (Wildman–Crippen MR) is 107 cm³/mol. The molecule has 27 heavy (non-hydrogen) atoms. The number of hydrogen-bond donors (Lipinski definition) is 2. The Bertz CT molecular complexity index is 574. The zero-order valence-electron chi connectivity index (χ0n) is 17.6. The highest BCUT2D eigenvalue weighted by atomic mass is 16.4. The molecule has 0 heterocycles. The molecule has 9 atom stereocenters. The van der Waals surface area contributed by atoms with E-state index >= 15 is 0 Å². The van der Waals surface area contributed by atoms with Crippen molar-refractivity contribution in [2.75, 3.05) is 0 Å². The van der Waals surface area contributed by atoms with Gasteiger partial charge in [-0.15, -0.1) is 0 Å². The molecule has 3 nitrogen and oxygen atoms in total. The van der Waals surface area contributed by atoms with Gasteiger partial charge in [-0.2, -0.15) is 0 Å². The van der Waals surface area contributed by atoms with Gasteiger partial charge in [-0.05, 0) is 97.7 Å². The van der Waals surface area contributed by atoms with Crippen LogP contribution in [0.5, 0.6) is 0 Å². The number of aliphatic carboxylic acids is 1. The molecular formula is C24H40O3. The van der Waals surface area contributed by atoms with Crippen LogP contribution in [0, 0.1) is 46.3 Å². The average molecular weight is 377 g/mol. The molecule has 4 fully saturated rings. The van der Waals surface area contributed by atoms with Crippen LogP contribution in [0.15, 0.2) is 0 Å². The Morgan fingerprint density at radius 2 is 1.85 bits per heavy atom. The molecule has 4 rings (SSSR count). The van der Waals surface area contributed by atoms with Gasteiger partial charge in [-0.3, -0.25) is 4.79 Å². The zero-order chi connectivity index (χ0) is 19.4. The van der Waals surface area contributed by atoms with E-state index in [1.807, 2.05) is 0 Å². The smallest absolute Gasteiger partial charge is 0.303 e. The fourth-order valence-corrected chi connectivity index (χ4v) is 8.77. The molecule has 0 radical (unpaired) electrons. The molecule has 0 saturated heterocycles. The normalized spacial score (nSPS) is 50.4. The minimum Gasteiger partial charge on any atom is -0.481 e. The Balaban J connectivity index is 1.57. The first kappa shape index (κ1) is 19.7. The van der Waals surface area contributed by atoms with E-state index in [1.165, 1.54) is 51.4 Å². The van der Waals surface area contributed by atoms with Crippen LogP contribution >= 0.6 is 0 Å². The molecule has 0 aromatic rings. The van der Waals surface area contributed by atoms with E-state index < -0.39 is 5.97 Å². The summed E-state index contributed by atoms with van der Waals surface area (Å²) in [4.78, 5) is 11.1. The fourth-order valence-electron chi connectivity index (χ4n) is 8.77. The van der Waals surface area contributed by atoms with Gasteiger partial charge in [0.05, 0.1) is 6.10 Å². The Hall–Kier alpha value is -0.570. The summed E-state index contributed by atoms with van der Waals surface area (Å²) in [6, 6.07) is 0. The molecule has 4 aliphatic carbocycles.